The highest BCUT2D eigenvalue weighted by Gasteiger charge is 2.13. The number of nitrogens with zero attached hydrogens (tertiary/aromatic N) is 2. The van der Waals surface area contributed by atoms with E-state index in [1.54, 1.807) is 6.20 Å². The van der Waals surface area contributed by atoms with Gasteiger partial charge in [-0.3, -0.25) is 9.78 Å². The van der Waals surface area contributed by atoms with Gasteiger partial charge in [0.25, 0.3) is 0 Å². The molecule has 0 aliphatic heterocycles. The Balaban J connectivity index is 2.78. The van der Waals surface area contributed by atoms with Crippen molar-refractivity contribution in [2.45, 2.75) is 27.2 Å². The number of aryl methyl sites for hydroxylation is 1. The maximum Gasteiger partial charge on any atom is 0.325 e. The fourth-order valence-corrected chi connectivity index (χ4v) is 1.74. The number of carbonyl (C=O) groups excluding carboxylic acids is 1. The maximum absolute atomic E-state index is 11.5. The molecule has 0 aromatic carbocycles. The molecule has 0 spiro atoms. The molecule has 0 atom stereocenters. The van der Waals surface area contributed by atoms with Crippen LogP contribution in [0.5, 0.6) is 0 Å². The molecule has 17 heavy (non-hydrogen) atoms. The van der Waals surface area contributed by atoms with E-state index in [-0.39, 0.29) is 5.97 Å². The quantitative estimate of drug-likeness (QED) is 0.710. The van der Waals surface area contributed by atoms with Gasteiger partial charge in [0.05, 0.1) is 6.61 Å². The predicted molar refractivity (Wildman–Crippen MR) is 68.1 cm³/mol. The summed E-state index contributed by atoms with van der Waals surface area (Å²) < 4.78 is 4.98. The smallest absolute Gasteiger partial charge is 0.325 e. The van der Waals surface area contributed by atoms with Crippen molar-refractivity contribution in [2.24, 2.45) is 0 Å². The van der Waals surface area contributed by atoms with Gasteiger partial charge in [-0.1, -0.05) is 6.92 Å². The van der Waals surface area contributed by atoms with Crippen LogP contribution in [-0.4, -0.2) is 30.6 Å². The van der Waals surface area contributed by atoms with Gasteiger partial charge in [-0.2, -0.15) is 0 Å². The van der Waals surface area contributed by atoms with E-state index in [0.717, 1.165) is 24.2 Å². The van der Waals surface area contributed by atoms with Gasteiger partial charge in [-0.05, 0) is 31.9 Å². The summed E-state index contributed by atoms with van der Waals surface area (Å²) in [7, 11) is 0. The Morgan fingerprint density at radius 2 is 2.24 bits per heavy atom. The summed E-state index contributed by atoms with van der Waals surface area (Å²) in [5.74, 6) is -0.183. The summed E-state index contributed by atoms with van der Waals surface area (Å²) >= 11 is 0. The molecule has 0 aliphatic rings. The van der Waals surface area contributed by atoms with E-state index in [2.05, 4.69) is 11.9 Å². The van der Waals surface area contributed by atoms with Crippen molar-refractivity contribution in [3.63, 3.8) is 0 Å². The van der Waals surface area contributed by atoms with Crippen LogP contribution >= 0.6 is 0 Å². The van der Waals surface area contributed by atoms with Gasteiger partial charge < -0.3 is 9.64 Å². The third-order valence-corrected chi connectivity index (χ3v) is 2.45. The first-order chi connectivity index (χ1) is 8.19. The molecule has 1 rings (SSSR count). The van der Waals surface area contributed by atoms with E-state index in [0.29, 0.717) is 13.2 Å². The SMILES string of the molecule is CCCN(CC(=O)OCC)c1ccncc1C. The number of anilines is 1. The van der Waals surface area contributed by atoms with E-state index in [9.17, 15) is 4.79 Å². The second-order valence-corrected chi connectivity index (χ2v) is 3.89. The lowest BCUT2D eigenvalue weighted by atomic mass is 10.2. The van der Waals surface area contributed by atoms with Crippen molar-refractivity contribution in [3.05, 3.63) is 24.0 Å². The molecule has 94 valence electrons. The number of pyridine rings is 1. The van der Waals surface area contributed by atoms with Gasteiger partial charge in [-0.15, -0.1) is 0 Å². The van der Waals surface area contributed by atoms with Crippen molar-refractivity contribution >= 4 is 11.7 Å². The molecule has 1 heterocycles. The van der Waals surface area contributed by atoms with E-state index in [4.69, 9.17) is 4.74 Å². The Morgan fingerprint density at radius 1 is 1.47 bits per heavy atom. The highest BCUT2D eigenvalue weighted by atomic mass is 16.5. The van der Waals surface area contributed by atoms with Crippen molar-refractivity contribution in [1.82, 2.24) is 4.98 Å². The van der Waals surface area contributed by atoms with E-state index < -0.39 is 0 Å². The van der Waals surface area contributed by atoms with Crippen LogP contribution in [0.1, 0.15) is 25.8 Å². The number of aromatic nitrogens is 1. The fraction of sp³-hybridized carbons (Fsp3) is 0.538. The Hall–Kier alpha value is -1.58. The van der Waals surface area contributed by atoms with Crippen molar-refractivity contribution in [2.75, 3.05) is 24.6 Å². The molecule has 0 N–H and O–H groups in total. The average Bonchev–Trinajstić information content (AvgIpc) is 2.29. The van der Waals surface area contributed by atoms with Crippen LogP contribution < -0.4 is 4.90 Å². The standard InChI is InChI=1S/C13H20N2O2/c1-4-8-15(10-13(16)17-5-2)12-6-7-14-9-11(12)3/h6-7,9H,4-5,8,10H2,1-3H3. The van der Waals surface area contributed by atoms with Crippen molar-refractivity contribution in [1.29, 1.82) is 0 Å². The molecule has 0 saturated heterocycles. The number of hydrogen-bond donors (Lipinski definition) is 0. The fourth-order valence-electron chi connectivity index (χ4n) is 1.74. The van der Waals surface area contributed by atoms with Gasteiger partial charge in [0.2, 0.25) is 0 Å². The summed E-state index contributed by atoms with van der Waals surface area (Å²) in [5.41, 5.74) is 2.13. The normalized spacial score (nSPS) is 10.1. The number of hydrogen-bond acceptors (Lipinski definition) is 4. The number of carbonyl (C=O) groups is 1. The van der Waals surface area contributed by atoms with Crippen LogP contribution in [0.2, 0.25) is 0 Å². The van der Waals surface area contributed by atoms with Crippen LogP contribution in [0.25, 0.3) is 0 Å². The minimum absolute atomic E-state index is 0.183. The van der Waals surface area contributed by atoms with E-state index in [1.165, 1.54) is 0 Å². The van der Waals surface area contributed by atoms with Crippen LogP contribution in [0.4, 0.5) is 5.69 Å². The van der Waals surface area contributed by atoms with Gasteiger partial charge in [-0.25, -0.2) is 0 Å². The summed E-state index contributed by atoms with van der Waals surface area (Å²) in [6.45, 7) is 7.47. The van der Waals surface area contributed by atoms with Crippen molar-refractivity contribution < 1.29 is 9.53 Å². The molecule has 1 aromatic heterocycles. The minimum atomic E-state index is -0.183. The highest BCUT2D eigenvalue weighted by Crippen LogP contribution is 2.18. The van der Waals surface area contributed by atoms with Crippen LogP contribution in [0, 0.1) is 6.92 Å². The van der Waals surface area contributed by atoms with Crippen LogP contribution in [-0.2, 0) is 9.53 Å². The van der Waals surface area contributed by atoms with Gasteiger partial charge >= 0.3 is 5.97 Å². The summed E-state index contributed by atoms with van der Waals surface area (Å²) in [4.78, 5) is 17.6. The molecule has 0 fully saturated rings. The zero-order valence-electron chi connectivity index (χ0n) is 10.8. The predicted octanol–water partition coefficient (Wildman–Crippen LogP) is 2.17. The molecule has 0 radical (unpaired) electrons. The molecule has 0 saturated carbocycles. The van der Waals surface area contributed by atoms with Crippen molar-refractivity contribution in [3.8, 4) is 0 Å². The second-order valence-electron chi connectivity index (χ2n) is 3.89. The average molecular weight is 236 g/mol. The lowest BCUT2D eigenvalue weighted by molar-refractivity contribution is -0.141. The summed E-state index contributed by atoms with van der Waals surface area (Å²) in [6, 6.07) is 1.93. The summed E-state index contributed by atoms with van der Waals surface area (Å²) in [5, 5.41) is 0. The molecule has 0 amide bonds. The monoisotopic (exact) mass is 236 g/mol. The minimum Gasteiger partial charge on any atom is -0.465 e. The Labute approximate surface area is 103 Å². The lowest BCUT2D eigenvalue weighted by Gasteiger charge is -2.24. The first-order valence-electron chi connectivity index (χ1n) is 6.00. The summed E-state index contributed by atoms with van der Waals surface area (Å²) in [6.07, 6.45) is 4.54. The molecule has 4 nitrogen and oxygen atoms in total. The Morgan fingerprint density at radius 3 is 2.82 bits per heavy atom. The van der Waals surface area contributed by atoms with Gasteiger partial charge in [0.15, 0.2) is 0 Å². The lowest BCUT2D eigenvalue weighted by Crippen LogP contribution is -2.32. The second kappa shape index (κ2) is 6.89. The molecular weight excluding hydrogens is 216 g/mol. The zero-order valence-corrected chi connectivity index (χ0v) is 10.8. The number of rotatable bonds is 6. The molecule has 0 bridgehead atoms. The van der Waals surface area contributed by atoms with E-state index in [1.807, 2.05) is 31.0 Å². The van der Waals surface area contributed by atoms with E-state index >= 15 is 0 Å². The molecule has 0 aliphatic carbocycles. The highest BCUT2D eigenvalue weighted by molar-refractivity contribution is 5.76. The number of esters is 1. The topological polar surface area (TPSA) is 42.4 Å². The maximum atomic E-state index is 11.5. The van der Waals surface area contributed by atoms with Crippen LogP contribution in [0.3, 0.4) is 0 Å². The first kappa shape index (κ1) is 13.5. The molecule has 4 heteroatoms. The largest absolute Gasteiger partial charge is 0.465 e. The third-order valence-electron chi connectivity index (χ3n) is 2.45. The third kappa shape index (κ3) is 4.06. The molecule has 0 unspecified atom stereocenters. The molecule has 1 aromatic rings. The first-order valence-corrected chi connectivity index (χ1v) is 6.00. The Bertz CT molecular complexity index is 366. The molecular formula is C13H20N2O2. The van der Waals surface area contributed by atoms with Gasteiger partial charge in [0, 0.05) is 24.6 Å². The Kier molecular flexibility index (Phi) is 5.46. The van der Waals surface area contributed by atoms with Gasteiger partial charge in [0.1, 0.15) is 6.54 Å². The number of ether oxygens (including phenoxy) is 1. The van der Waals surface area contributed by atoms with Crippen LogP contribution in [0.15, 0.2) is 18.5 Å². The zero-order chi connectivity index (χ0) is 12.7.